The first-order valence-electron chi connectivity index (χ1n) is 9.34. The molecule has 29 heavy (non-hydrogen) atoms. The Balaban J connectivity index is 0.000000456. The summed E-state index contributed by atoms with van der Waals surface area (Å²) in [4.78, 5) is 14.8. The average molecular weight is 583 g/mol. The van der Waals surface area contributed by atoms with Gasteiger partial charge in [0.25, 0.3) is 0 Å². The Morgan fingerprint density at radius 1 is 1.07 bits per heavy atom. The van der Waals surface area contributed by atoms with Crippen molar-refractivity contribution in [2.24, 2.45) is 0 Å². The van der Waals surface area contributed by atoms with Gasteiger partial charge in [0.05, 0.1) is 19.3 Å². The monoisotopic (exact) mass is 583 g/mol. The van der Waals surface area contributed by atoms with E-state index in [0.717, 1.165) is 16.8 Å². The molecule has 0 unspecified atom stereocenters. The average Bonchev–Trinajstić information content (AvgIpc) is 2.60. The molecule has 0 saturated heterocycles. The second-order valence-corrected chi connectivity index (χ2v) is 13.1. The van der Waals surface area contributed by atoms with Crippen molar-refractivity contribution in [3.63, 3.8) is 0 Å². The Bertz CT molecular complexity index is 1000. The zero-order chi connectivity index (χ0) is 20.9. The van der Waals surface area contributed by atoms with Crippen LogP contribution in [0.3, 0.4) is 0 Å². The Kier molecular flexibility index (Phi) is 9.15. The molecule has 0 atom stereocenters. The van der Waals surface area contributed by atoms with Crippen molar-refractivity contribution in [1.82, 2.24) is 4.98 Å². The fourth-order valence-corrected chi connectivity index (χ4v) is 3.87. The van der Waals surface area contributed by atoms with Crippen molar-refractivity contribution in [3.05, 3.63) is 72.0 Å². The van der Waals surface area contributed by atoms with E-state index >= 15 is 0 Å². The number of aliphatic hydroxyl groups excluding tert-OH is 1. The molecule has 3 aromatic rings. The van der Waals surface area contributed by atoms with E-state index in [2.05, 4.69) is 75.1 Å². The first-order valence-corrected chi connectivity index (χ1v) is 12.8. The predicted molar refractivity (Wildman–Crippen MR) is 121 cm³/mol. The van der Waals surface area contributed by atoms with Crippen LogP contribution in [0.2, 0.25) is 19.6 Å². The summed E-state index contributed by atoms with van der Waals surface area (Å²) >= 11 is 0. The van der Waals surface area contributed by atoms with E-state index in [9.17, 15) is 4.79 Å². The van der Waals surface area contributed by atoms with Crippen molar-refractivity contribution in [2.45, 2.75) is 40.4 Å². The minimum atomic E-state index is -1.27. The molecule has 0 aliphatic carbocycles. The van der Waals surface area contributed by atoms with E-state index in [1.54, 1.807) is 0 Å². The molecule has 0 fully saturated rings. The number of hydrogen-bond donors (Lipinski definition) is 1. The molecule has 0 saturated carbocycles. The van der Waals surface area contributed by atoms with Gasteiger partial charge >= 0.3 is 0 Å². The topological polar surface area (TPSA) is 50.2 Å². The minimum absolute atomic E-state index is 0. The second-order valence-electron chi connectivity index (χ2n) is 8.03. The summed E-state index contributed by atoms with van der Waals surface area (Å²) in [5.41, 5.74) is 4.32. The van der Waals surface area contributed by atoms with Crippen LogP contribution in [-0.2, 0) is 24.9 Å². The molecular formula is C24H28IrNO2Si-. The van der Waals surface area contributed by atoms with Crippen LogP contribution in [-0.4, -0.2) is 23.9 Å². The summed E-state index contributed by atoms with van der Waals surface area (Å²) in [6.07, 6.45) is 1.17. The van der Waals surface area contributed by atoms with E-state index in [4.69, 9.17) is 10.1 Å². The maximum atomic E-state index is 10.0. The first-order chi connectivity index (χ1) is 13.1. The van der Waals surface area contributed by atoms with E-state index in [-0.39, 0.29) is 31.6 Å². The predicted octanol–water partition coefficient (Wildman–Crippen LogP) is 5.59. The number of carbonyl (C=O) groups excluding carboxylic acids is 1. The van der Waals surface area contributed by atoms with Gasteiger partial charge in [-0.15, -0.1) is 35.4 Å². The smallest absolute Gasteiger partial charge is 0.155 e. The van der Waals surface area contributed by atoms with Crippen molar-refractivity contribution in [1.29, 1.82) is 0 Å². The Morgan fingerprint density at radius 2 is 1.76 bits per heavy atom. The van der Waals surface area contributed by atoms with Gasteiger partial charge in [0.15, 0.2) is 5.78 Å². The fourth-order valence-electron chi connectivity index (χ4n) is 2.70. The number of fused-ring (bicyclic) bond motifs is 1. The Hall–Kier alpha value is -2.07. The summed E-state index contributed by atoms with van der Waals surface area (Å²) in [7, 11) is -1.27. The van der Waals surface area contributed by atoms with Crippen molar-refractivity contribution < 1.29 is 30.0 Å². The van der Waals surface area contributed by atoms with E-state index < -0.39 is 8.07 Å². The third-order valence-electron chi connectivity index (χ3n) is 4.21. The van der Waals surface area contributed by atoms with Gasteiger partial charge in [0, 0.05) is 26.2 Å². The summed E-state index contributed by atoms with van der Waals surface area (Å²) < 4.78 is 0. The third-order valence-corrected chi connectivity index (χ3v) is 6.25. The number of carbonyl (C=O) groups is 1. The van der Waals surface area contributed by atoms with Crippen LogP contribution in [0.4, 0.5) is 0 Å². The SMILES string of the molecule is CC(=O)/C=C(/C)O.Cc1c[c-]c(-c2ccc3cc([Si](C)(C)C)ccc3n2)cc1.[Ir]. The molecule has 0 spiro atoms. The molecule has 1 N–H and O–H groups in total. The molecule has 0 amide bonds. The van der Waals surface area contributed by atoms with Gasteiger partial charge in [-0.25, -0.2) is 0 Å². The van der Waals surface area contributed by atoms with Crippen LogP contribution in [0.25, 0.3) is 22.2 Å². The number of benzene rings is 2. The number of pyridine rings is 1. The molecule has 1 radical (unpaired) electrons. The maximum Gasteiger partial charge on any atom is 0.155 e. The fraction of sp³-hybridized carbons (Fsp3) is 0.250. The van der Waals surface area contributed by atoms with Crippen molar-refractivity contribution >= 4 is 29.9 Å². The minimum Gasteiger partial charge on any atom is -0.512 e. The van der Waals surface area contributed by atoms with Gasteiger partial charge in [-0.2, -0.15) is 0 Å². The van der Waals surface area contributed by atoms with Crippen LogP contribution >= 0.6 is 0 Å². The molecule has 3 rings (SSSR count). The van der Waals surface area contributed by atoms with Gasteiger partial charge in [0.1, 0.15) is 0 Å². The molecule has 1 aromatic heterocycles. The van der Waals surface area contributed by atoms with Crippen molar-refractivity contribution in [3.8, 4) is 11.3 Å². The maximum absolute atomic E-state index is 10.0. The number of aromatic nitrogens is 1. The molecule has 5 heteroatoms. The second kappa shape index (κ2) is 10.6. The zero-order valence-electron chi connectivity index (χ0n) is 17.8. The van der Waals surface area contributed by atoms with Crippen molar-refractivity contribution in [2.75, 3.05) is 0 Å². The standard InChI is InChI=1S/C19H20NSi.C5H8O2.Ir/c1-14-5-7-15(8-6-14)18-11-9-16-13-17(21(2,3)4)10-12-19(16)20-18;1-4(6)3-5(2)7;/h5-7,9-13H,1-4H3;3,6H,1-2H3;/q-1;;/b;4-3-;. The number of rotatable bonds is 3. The van der Waals surface area contributed by atoms with Gasteiger partial charge in [0.2, 0.25) is 0 Å². The van der Waals surface area contributed by atoms with Gasteiger partial charge in [-0.1, -0.05) is 56.0 Å². The molecule has 2 aromatic carbocycles. The van der Waals surface area contributed by atoms with E-state index in [0.29, 0.717) is 0 Å². The quantitative estimate of drug-likeness (QED) is 0.190. The van der Waals surface area contributed by atoms with E-state index in [1.165, 1.54) is 36.1 Å². The zero-order valence-corrected chi connectivity index (χ0v) is 21.2. The summed E-state index contributed by atoms with van der Waals surface area (Å²) in [5.74, 6) is -0.0625. The number of allylic oxidation sites excluding steroid dienone is 2. The van der Waals surface area contributed by atoms with Gasteiger partial charge < -0.3 is 5.11 Å². The molecular weight excluding hydrogens is 555 g/mol. The Morgan fingerprint density at radius 3 is 2.24 bits per heavy atom. The number of hydrogen-bond acceptors (Lipinski definition) is 3. The number of ketones is 1. The third kappa shape index (κ3) is 7.69. The number of nitrogens with zero attached hydrogens (tertiary/aromatic N) is 1. The molecule has 1 heterocycles. The van der Waals surface area contributed by atoms with Crippen LogP contribution in [0.5, 0.6) is 0 Å². The molecule has 155 valence electrons. The molecule has 0 aliphatic rings. The Labute approximate surface area is 188 Å². The van der Waals surface area contributed by atoms with Crippen LogP contribution < -0.4 is 5.19 Å². The van der Waals surface area contributed by atoms with E-state index in [1.807, 2.05) is 6.07 Å². The largest absolute Gasteiger partial charge is 0.512 e. The molecule has 0 bridgehead atoms. The van der Waals surface area contributed by atoms with Crippen LogP contribution in [0.1, 0.15) is 19.4 Å². The number of aliphatic hydroxyl groups is 1. The normalized spacial score (nSPS) is 11.3. The number of aryl methyl sites for hydroxylation is 1. The van der Waals surface area contributed by atoms with Crippen LogP contribution in [0, 0.1) is 13.0 Å². The summed E-state index contributed by atoms with van der Waals surface area (Å²) in [6.45, 7) is 12.0. The van der Waals surface area contributed by atoms with Crippen LogP contribution in [0.15, 0.2) is 60.4 Å². The molecule has 3 nitrogen and oxygen atoms in total. The summed E-state index contributed by atoms with van der Waals surface area (Å²) in [6, 6.07) is 20.5. The first kappa shape index (κ1) is 25.0. The molecule has 0 aliphatic heterocycles. The summed E-state index contributed by atoms with van der Waals surface area (Å²) in [5, 5.41) is 11.1. The van der Waals surface area contributed by atoms with Gasteiger partial charge in [-0.3, -0.25) is 9.78 Å². The van der Waals surface area contributed by atoms with Gasteiger partial charge in [-0.05, 0) is 31.0 Å².